The zero-order chi connectivity index (χ0) is 20.5. The molecule has 1 saturated heterocycles. The minimum Gasteiger partial charge on any atom is -0.493 e. The quantitative estimate of drug-likeness (QED) is 0.504. The molecule has 29 heavy (non-hydrogen) atoms. The first-order valence-electron chi connectivity index (χ1n) is 9.90. The van der Waals surface area contributed by atoms with Crippen LogP contribution in [0.25, 0.3) is 0 Å². The van der Waals surface area contributed by atoms with Crippen molar-refractivity contribution < 1.29 is 14.2 Å². The molecular weight excluding hydrogens is 456 g/mol. The van der Waals surface area contributed by atoms with Crippen molar-refractivity contribution in [1.29, 1.82) is 0 Å². The predicted molar refractivity (Wildman–Crippen MR) is 120 cm³/mol. The summed E-state index contributed by atoms with van der Waals surface area (Å²) in [4.78, 5) is 2.46. The van der Waals surface area contributed by atoms with E-state index in [0.717, 1.165) is 68.0 Å². The molecule has 1 heterocycles. The van der Waals surface area contributed by atoms with E-state index >= 15 is 0 Å². The molecule has 0 bridgehead atoms. The van der Waals surface area contributed by atoms with Crippen molar-refractivity contribution in [1.82, 2.24) is 10.2 Å². The Labute approximate surface area is 186 Å². The summed E-state index contributed by atoms with van der Waals surface area (Å²) in [5, 5.41) is 4.21. The van der Waals surface area contributed by atoms with Gasteiger partial charge in [0.1, 0.15) is 6.61 Å². The molecule has 3 rings (SSSR count). The first-order valence-corrected chi connectivity index (χ1v) is 11.1. The third kappa shape index (κ3) is 7.15. The average Bonchev–Trinajstić information content (AvgIpc) is 2.73. The number of nitrogens with zero attached hydrogens (tertiary/aromatic N) is 1. The molecule has 158 valence electrons. The fourth-order valence-corrected chi connectivity index (χ4v) is 4.10. The summed E-state index contributed by atoms with van der Waals surface area (Å²) in [6, 6.07) is 11.8. The van der Waals surface area contributed by atoms with Crippen molar-refractivity contribution in [3.05, 3.63) is 57.0 Å². The summed E-state index contributed by atoms with van der Waals surface area (Å²) in [5.41, 5.74) is 2.16. The van der Waals surface area contributed by atoms with Gasteiger partial charge in [-0.25, -0.2) is 0 Å². The summed E-state index contributed by atoms with van der Waals surface area (Å²) >= 11 is 9.67. The first kappa shape index (κ1) is 22.4. The van der Waals surface area contributed by atoms with Crippen LogP contribution < -0.4 is 14.8 Å². The molecule has 5 nitrogen and oxygen atoms in total. The summed E-state index contributed by atoms with van der Waals surface area (Å²) < 4.78 is 17.8. The zero-order valence-electron chi connectivity index (χ0n) is 16.8. The second kappa shape index (κ2) is 11.8. The number of morpholine rings is 1. The topological polar surface area (TPSA) is 43.0 Å². The monoisotopic (exact) mass is 482 g/mol. The maximum atomic E-state index is 6.05. The number of hydrogen-bond acceptors (Lipinski definition) is 5. The van der Waals surface area contributed by atoms with Gasteiger partial charge in [-0.1, -0.05) is 23.7 Å². The van der Waals surface area contributed by atoms with Gasteiger partial charge < -0.3 is 19.5 Å². The van der Waals surface area contributed by atoms with E-state index in [2.05, 4.69) is 32.2 Å². The summed E-state index contributed by atoms with van der Waals surface area (Å²) in [5.74, 6) is 1.41. The van der Waals surface area contributed by atoms with E-state index in [0.29, 0.717) is 23.1 Å². The summed E-state index contributed by atoms with van der Waals surface area (Å²) in [7, 11) is 1.66. The highest BCUT2D eigenvalue weighted by molar-refractivity contribution is 9.10. The Kier molecular flexibility index (Phi) is 9.08. The predicted octanol–water partition coefficient (Wildman–Crippen LogP) is 4.50. The fraction of sp³-hybridized carbons (Fsp3) is 0.455. The number of benzene rings is 2. The maximum absolute atomic E-state index is 6.05. The van der Waals surface area contributed by atoms with Gasteiger partial charge in [-0.3, -0.25) is 4.90 Å². The molecule has 0 saturated carbocycles. The molecule has 1 N–H and O–H groups in total. The van der Waals surface area contributed by atoms with Crippen LogP contribution in [0, 0.1) is 0 Å². The standard InChI is InChI=1S/C22H28BrClN2O3/c1-27-21-14-18(15-25-6-3-7-26-8-10-28-11-9-26)13-20(23)22(21)29-16-17-4-2-5-19(24)12-17/h2,4-5,12-14,25H,3,6-11,15-16H2,1H3. The highest BCUT2D eigenvalue weighted by Gasteiger charge is 2.13. The Bertz CT molecular complexity index is 785. The van der Waals surface area contributed by atoms with Crippen molar-refractivity contribution in [2.75, 3.05) is 46.5 Å². The minimum absolute atomic E-state index is 0.425. The number of nitrogens with one attached hydrogen (secondary N) is 1. The van der Waals surface area contributed by atoms with Crippen LogP contribution in [0.3, 0.4) is 0 Å². The van der Waals surface area contributed by atoms with Gasteiger partial charge in [0.15, 0.2) is 11.5 Å². The van der Waals surface area contributed by atoms with Crippen LogP contribution in [0.15, 0.2) is 40.9 Å². The third-order valence-corrected chi connectivity index (χ3v) is 5.65. The number of hydrogen-bond donors (Lipinski definition) is 1. The van der Waals surface area contributed by atoms with Crippen LogP contribution in [-0.2, 0) is 17.9 Å². The van der Waals surface area contributed by atoms with Crippen LogP contribution in [0.5, 0.6) is 11.5 Å². The van der Waals surface area contributed by atoms with Crippen LogP contribution >= 0.6 is 27.5 Å². The van der Waals surface area contributed by atoms with Crippen LogP contribution in [-0.4, -0.2) is 51.4 Å². The van der Waals surface area contributed by atoms with Gasteiger partial charge in [0.2, 0.25) is 0 Å². The zero-order valence-corrected chi connectivity index (χ0v) is 19.1. The molecule has 0 amide bonds. The molecule has 0 aromatic heterocycles. The Morgan fingerprint density at radius 3 is 2.76 bits per heavy atom. The van der Waals surface area contributed by atoms with Gasteiger partial charge in [-0.05, 0) is 70.8 Å². The third-order valence-electron chi connectivity index (χ3n) is 4.82. The molecule has 2 aromatic carbocycles. The lowest BCUT2D eigenvalue weighted by molar-refractivity contribution is 0.0374. The van der Waals surface area contributed by atoms with E-state index in [1.165, 1.54) is 0 Å². The van der Waals surface area contributed by atoms with E-state index in [4.69, 9.17) is 25.8 Å². The van der Waals surface area contributed by atoms with E-state index in [1.807, 2.05) is 30.3 Å². The van der Waals surface area contributed by atoms with Crippen LogP contribution in [0.1, 0.15) is 17.5 Å². The number of halogens is 2. The number of methoxy groups -OCH3 is 1. The van der Waals surface area contributed by atoms with Crippen LogP contribution in [0.4, 0.5) is 0 Å². The second-order valence-electron chi connectivity index (χ2n) is 7.01. The van der Waals surface area contributed by atoms with Gasteiger partial charge in [0.25, 0.3) is 0 Å². The molecule has 0 aliphatic carbocycles. The van der Waals surface area contributed by atoms with Crippen molar-refractivity contribution in [2.24, 2.45) is 0 Å². The second-order valence-corrected chi connectivity index (χ2v) is 8.30. The van der Waals surface area contributed by atoms with Gasteiger partial charge >= 0.3 is 0 Å². The Morgan fingerprint density at radius 1 is 1.17 bits per heavy atom. The molecule has 2 aromatic rings. The van der Waals surface area contributed by atoms with Crippen LogP contribution in [0.2, 0.25) is 5.02 Å². The summed E-state index contributed by atoms with van der Waals surface area (Å²) in [6.45, 7) is 7.09. The molecule has 1 fully saturated rings. The smallest absolute Gasteiger partial charge is 0.175 e. The molecular formula is C22H28BrClN2O3. The van der Waals surface area contributed by atoms with Gasteiger partial charge in [-0.15, -0.1) is 0 Å². The van der Waals surface area contributed by atoms with E-state index in [1.54, 1.807) is 7.11 Å². The van der Waals surface area contributed by atoms with Crippen molar-refractivity contribution in [2.45, 2.75) is 19.6 Å². The van der Waals surface area contributed by atoms with Crippen molar-refractivity contribution in [3.8, 4) is 11.5 Å². The fourth-order valence-electron chi connectivity index (χ4n) is 3.28. The Balaban J connectivity index is 1.49. The molecule has 7 heteroatoms. The lowest BCUT2D eigenvalue weighted by Crippen LogP contribution is -2.37. The van der Waals surface area contributed by atoms with E-state index < -0.39 is 0 Å². The van der Waals surface area contributed by atoms with Crippen molar-refractivity contribution in [3.63, 3.8) is 0 Å². The Hall–Kier alpha value is -1.31. The molecule has 0 atom stereocenters. The lowest BCUT2D eigenvalue weighted by Gasteiger charge is -2.26. The molecule has 1 aliphatic heterocycles. The first-order chi connectivity index (χ1) is 14.2. The SMILES string of the molecule is COc1cc(CNCCCN2CCOCC2)cc(Br)c1OCc1cccc(Cl)c1. The molecule has 0 spiro atoms. The molecule has 0 unspecified atom stereocenters. The molecule has 0 radical (unpaired) electrons. The van der Waals surface area contributed by atoms with E-state index in [-0.39, 0.29) is 0 Å². The van der Waals surface area contributed by atoms with Gasteiger partial charge in [0.05, 0.1) is 24.8 Å². The largest absolute Gasteiger partial charge is 0.493 e. The minimum atomic E-state index is 0.425. The van der Waals surface area contributed by atoms with E-state index in [9.17, 15) is 0 Å². The maximum Gasteiger partial charge on any atom is 0.175 e. The normalized spacial score (nSPS) is 14.7. The Morgan fingerprint density at radius 2 is 2.00 bits per heavy atom. The average molecular weight is 484 g/mol. The molecule has 1 aliphatic rings. The summed E-state index contributed by atoms with van der Waals surface area (Å²) in [6.07, 6.45) is 1.12. The number of rotatable bonds is 10. The highest BCUT2D eigenvalue weighted by atomic mass is 79.9. The lowest BCUT2D eigenvalue weighted by atomic mass is 10.2. The number of ether oxygens (including phenoxy) is 3. The van der Waals surface area contributed by atoms with Gasteiger partial charge in [0, 0.05) is 24.7 Å². The van der Waals surface area contributed by atoms with Gasteiger partial charge in [-0.2, -0.15) is 0 Å². The van der Waals surface area contributed by atoms with Crippen molar-refractivity contribution >= 4 is 27.5 Å². The highest BCUT2D eigenvalue weighted by Crippen LogP contribution is 2.37.